The molecule has 0 aromatic heterocycles. The van der Waals surface area contributed by atoms with Crippen LogP contribution in [0, 0.1) is 11.3 Å². The van der Waals surface area contributed by atoms with E-state index in [4.69, 9.17) is 10.00 Å². The molecule has 16 heavy (non-hydrogen) atoms. The zero-order valence-corrected chi connectivity index (χ0v) is 9.61. The lowest BCUT2D eigenvalue weighted by molar-refractivity contribution is -0.142. The molecule has 0 amide bonds. The number of hydrogen-bond acceptors (Lipinski definition) is 4. The summed E-state index contributed by atoms with van der Waals surface area (Å²) in [5.41, 5.74) is 0. The van der Waals surface area contributed by atoms with E-state index in [1.807, 2.05) is 0 Å². The first kappa shape index (κ1) is 14.6. The number of aldehydes is 1. The number of ether oxygens (including phenoxy) is 1. The number of nitriles is 1. The van der Waals surface area contributed by atoms with Crippen molar-refractivity contribution < 1.29 is 14.3 Å². The van der Waals surface area contributed by atoms with Gasteiger partial charge in [0.1, 0.15) is 12.7 Å². The van der Waals surface area contributed by atoms with Gasteiger partial charge in [-0.1, -0.05) is 25.7 Å². The van der Waals surface area contributed by atoms with E-state index >= 15 is 0 Å². The highest BCUT2D eigenvalue weighted by molar-refractivity contribution is 5.71. The minimum atomic E-state index is -0.437. The summed E-state index contributed by atoms with van der Waals surface area (Å²) in [5, 5.41) is 8.20. The van der Waals surface area contributed by atoms with Crippen LogP contribution in [-0.4, -0.2) is 18.9 Å². The molecule has 4 nitrogen and oxygen atoms in total. The molecule has 90 valence electrons. The smallest absolute Gasteiger partial charge is 0.320 e. The minimum absolute atomic E-state index is 0.161. The Balaban J connectivity index is 3.07. The molecule has 4 heteroatoms. The SMILES string of the molecule is N#CCC(=O)OCCCCCCCCC=O. The van der Waals surface area contributed by atoms with Crippen LogP contribution in [0.2, 0.25) is 0 Å². The van der Waals surface area contributed by atoms with Gasteiger partial charge in [0, 0.05) is 6.42 Å². The summed E-state index contributed by atoms with van der Waals surface area (Å²) in [6.45, 7) is 0.412. The molecular weight excluding hydrogens is 206 g/mol. The topological polar surface area (TPSA) is 67.2 Å². The summed E-state index contributed by atoms with van der Waals surface area (Å²) in [6, 6.07) is 1.75. The van der Waals surface area contributed by atoms with Crippen molar-refractivity contribution in [3.63, 3.8) is 0 Å². The monoisotopic (exact) mass is 225 g/mol. The number of carbonyl (C=O) groups is 2. The molecule has 0 unspecified atom stereocenters. The van der Waals surface area contributed by atoms with Crippen molar-refractivity contribution in [3.8, 4) is 6.07 Å². The van der Waals surface area contributed by atoms with E-state index in [9.17, 15) is 9.59 Å². The van der Waals surface area contributed by atoms with Gasteiger partial charge in [-0.25, -0.2) is 0 Å². The van der Waals surface area contributed by atoms with Crippen molar-refractivity contribution in [2.45, 2.75) is 51.4 Å². The van der Waals surface area contributed by atoms with Gasteiger partial charge in [-0.05, 0) is 12.8 Å². The Morgan fingerprint density at radius 2 is 1.75 bits per heavy atom. The van der Waals surface area contributed by atoms with Crippen molar-refractivity contribution in [1.29, 1.82) is 5.26 Å². The molecule has 0 saturated heterocycles. The largest absolute Gasteiger partial charge is 0.465 e. The quantitative estimate of drug-likeness (QED) is 0.325. The van der Waals surface area contributed by atoms with Crippen LogP contribution >= 0.6 is 0 Å². The average Bonchev–Trinajstić information content (AvgIpc) is 2.27. The molecule has 0 radical (unpaired) electrons. The Kier molecular flexibility index (Phi) is 10.7. The first-order valence-electron chi connectivity index (χ1n) is 5.77. The lowest BCUT2D eigenvalue weighted by Crippen LogP contribution is -2.04. The maximum atomic E-state index is 10.8. The third kappa shape index (κ3) is 10.7. The molecule has 0 saturated carbocycles. The van der Waals surface area contributed by atoms with E-state index in [0.717, 1.165) is 44.8 Å². The van der Waals surface area contributed by atoms with E-state index in [1.165, 1.54) is 0 Å². The molecule has 0 atom stereocenters. The van der Waals surface area contributed by atoms with E-state index < -0.39 is 5.97 Å². The summed E-state index contributed by atoms with van der Waals surface area (Å²) < 4.78 is 4.82. The third-order valence-corrected chi connectivity index (χ3v) is 2.20. The second-order valence-corrected chi connectivity index (χ2v) is 3.63. The maximum absolute atomic E-state index is 10.8. The summed E-state index contributed by atoms with van der Waals surface area (Å²) in [7, 11) is 0. The highest BCUT2D eigenvalue weighted by atomic mass is 16.5. The van der Waals surface area contributed by atoms with Gasteiger partial charge in [0.05, 0.1) is 12.7 Å². The lowest BCUT2D eigenvalue weighted by Gasteiger charge is -2.02. The van der Waals surface area contributed by atoms with Gasteiger partial charge in [-0.2, -0.15) is 5.26 Å². The Hall–Kier alpha value is -1.37. The van der Waals surface area contributed by atoms with Crippen molar-refractivity contribution >= 4 is 12.3 Å². The minimum Gasteiger partial charge on any atom is -0.465 e. The molecular formula is C12H19NO3. The van der Waals surface area contributed by atoms with Crippen LogP contribution in [0.15, 0.2) is 0 Å². The van der Waals surface area contributed by atoms with Gasteiger partial charge >= 0.3 is 5.97 Å². The van der Waals surface area contributed by atoms with Crippen molar-refractivity contribution in [3.05, 3.63) is 0 Å². The molecule has 0 fully saturated rings. The van der Waals surface area contributed by atoms with Gasteiger partial charge < -0.3 is 9.53 Å². The molecule has 0 N–H and O–H groups in total. The van der Waals surface area contributed by atoms with Gasteiger partial charge in [0.2, 0.25) is 0 Å². The van der Waals surface area contributed by atoms with Crippen molar-refractivity contribution in [2.75, 3.05) is 6.61 Å². The summed E-state index contributed by atoms with van der Waals surface area (Å²) in [6.07, 6.45) is 7.63. The Labute approximate surface area is 96.6 Å². The zero-order chi connectivity index (χ0) is 12.1. The molecule has 0 aromatic rings. The van der Waals surface area contributed by atoms with Crippen LogP contribution in [-0.2, 0) is 14.3 Å². The fraction of sp³-hybridized carbons (Fsp3) is 0.750. The van der Waals surface area contributed by atoms with Crippen molar-refractivity contribution in [1.82, 2.24) is 0 Å². The van der Waals surface area contributed by atoms with E-state index in [2.05, 4.69) is 0 Å². The Morgan fingerprint density at radius 1 is 1.12 bits per heavy atom. The van der Waals surface area contributed by atoms with Gasteiger partial charge in [-0.3, -0.25) is 4.79 Å². The van der Waals surface area contributed by atoms with Gasteiger partial charge in [0.25, 0.3) is 0 Å². The number of hydrogen-bond donors (Lipinski definition) is 0. The van der Waals surface area contributed by atoms with Crippen LogP contribution in [0.5, 0.6) is 0 Å². The Bertz CT molecular complexity index is 233. The number of nitrogens with zero attached hydrogens (tertiary/aromatic N) is 1. The highest BCUT2D eigenvalue weighted by Crippen LogP contribution is 2.06. The van der Waals surface area contributed by atoms with Gasteiger partial charge in [0.15, 0.2) is 0 Å². The van der Waals surface area contributed by atoms with Crippen LogP contribution < -0.4 is 0 Å². The number of esters is 1. The number of unbranched alkanes of at least 4 members (excludes halogenated alkanes) is 6. The second-order valence-electron chi connectivity index (χ2n) is 3.63. The van der Waals surface area contributed by atoms with Crippen LogP contribution in [0.25, 0.3) is 0 Å². The predicted octanol–water partition coefficient (Wildman–Crippen LogP) is 2.37. The first-order chi connectivity index (χ1) is 7.81. The van der Waals surface area contributed by atoms with Gasteiger partial charge in [-0.15, -0.1) is 0 Å². The van der Waals surface area contributed by atoms with Crippen LogP contribution in [0.4, 0.5) is 0 Å². The average molecular weight is 225 g/mol. The Morgan fingerprint density at radius 3 is 2.38 bits per heavy atom. The highest BCUT2D eigenvalue weighted by Gasteiger charge is 1.99. The molecule has 0 aliphatic heterocycles. The standard InChI is InChI=1S/C12H19NO3/c13-9-8-12(15)16-11-7-5-3-1-2-4-6-10-14/h10H,1-8,11H2. The van der Waals surface area contributed by atoms with Crippen LogP contribution in [0.3, 0.4) is 0 Å². The van der Waals surface area contributed by atoms with Crippen molar-refractivity contribution in [2.24, 2.45) is 0 Å². The fourth-order valence-electron chi connectivity index (χ4n) is 1.34. The fourth-order valence-corrected chi connectivity index (χ4v) is 1.34. The lowest BCUT2D eigenvalue weighted by atomic mass is 10.1. The molecule has 0 aliphatic carbocycles. The molecule has 0 rings (SSSR count). The van der Waals surface area contributed by atoms with E-state index in [0.29, 0.717) is 13.0 Å². The van der Waals surface area contributed by atoms with E-state index in [1.54, 1.807) is 6.07 Å². The maximum Gasteiger partial charge on any atom is 0.320 e. The molecule has 0 heterocycles. The summed E-state index contributed by atoms with van der Waals surface area (Å²) in [5.74, 6) is -0.437. The molecule has 0 bridgehead atoms. The summed E-state index contributed by atoms with van der Waals surface area (Å²) in [4.78, 5) is 20.8. The summed E-state index contributed by atoms with van der Waals surface area (Å²) >= 11 is 0. The number of rotatable bonds is 10. The molecule has 0 spiro atoms. The molecule has 0 aliphatic rings. The predicted molar refractivity (Wildman–Crippen MR) is 59.6 cm³/mol. The number of carbonyl (C=O) groups excluding carboxylic acids is 2. The first-order valence-corrected chi connectivity index (χ1v) is 5.77. The normalized spacial score (nSPS) is 9.44. The van der Waals surface area contributed by atoms with Crippen LogP contribution in [0.1, 0.15) is 51.4 Å². The van der Waals surface area contributed by atoms with E-state index in [-0.39, 0.29) is 6.42 Å². The molecule has 0 aromatic carbocycles. The zero-order valence-electron chi connectivity index (χ0n) is 9.61. The second kappa shape index (κ2) is 11.7. The third-order valence-electron chi connectivity index (χ3n) is 2.20.